The Balaban J connectivity index is 3.05. The summed E-state index contributed by atoms with van der Waals surface area (Å²) in [5.74, 6) is 0. The molecule has 0 spiro atoms. The van der Waals surface area contributed by atoms with Crippen molar-refractivity contribution < 1.29 is 0 Å². The van der Waals surface area contributed by atoms with Crippen LogP contribution in [0.3, 0.4) is 0 Å². The fraction of sp³-hybridized carbons (Fsp3) is 0.706. The number of rotatable bonds is 12. The predicted octanol–water partition coefficient (Wildman–Crippen LogP) is 6.24. The summed E-state index contributed by atoms with van der Waals surface area (Å²) in [6.07, 6.45) is 23.5. The zero-order valence-electron chi connectivity index (χ0n) is 11.8. The lowest BCUT2D eigenvalue weighted by molar-refractivity contribution is 0.651. The lowest BCUT2D eigenvalue weighted by Gasteiger charge is -1.97. The smallest absolute Gasteiger partial charge is 0.0351 e. The SMILES string of the molecule is [CH2]CC=CCCCCCCC=CCCCCC. The summed E-state index contributed by atoms with van der Waals surface area (Å²) in [5.41, 5.74) is 0. The molecule has 0 rings (SSSR count). The van der Waals surface area contributed by atoms with Crippen molar-refractivity contribution in [3.63, 3.8) is 0 Å². The van der Waals surface area contributed by atoms with Crippen molar-refractivity contribution in [1.82, 2.24) is 0 Å². The van der Waals surface area contributed by atoms with Gasteiger partial charge in [-0.3, -0.25) is 0 Å². The monoisotopic (exact) mass is 235 g/mol. The van der Waals surface area contributed by atoms with Gasteiger partial charge >= 0.3 is 0 Å². The molecule has 0 aromatic rings. The maximum atomic E-state index is 3.79. The summed E-state index contributed by atoms with van der Waals surface area (Å²) >= 11 is 0. The quantitative estimate of drug-likeness (QED) is 0.277. The van der Waals surface area contributed by atoms with E-state index < -0.39 is 0 Å². The number of unbranched alkanes of at least 4 members (excludes halogenated alkanes) is 8. The van der Waals surface area contributed by atoms with Crippen molar-refractivity contribution in [2.75, 3.05) is 0 Å². The van der Waals surface area contributed by atoms with Crippen molar-refractivity contribution in [3.8, 4) is 0 Å². The van der Waals surface area contributed by atoms with Gasteiger partial charge in [-0.05, 0) is 51.9 Å². The topological polar surface area (TPSA) is 0 Å². The van der Waals surface area contributed by atoms with Crippen LogP contribution in [0.25, 0.3) is 0 Å². The molecule has 0 N–H and O–H groups in total. The average Bonchev–Trinajstić information content (AvgIpc) is 2.35. The van der Waals surface area contributed by atoms with Crippen LogP contribution in [0.2, 0.25) is 0 Å². The Morgan fingerprint density at radius 2 is 1.12 bits per heavy atom. The molecule has 0 aliphatic carbocycles. The summed E-state index contributed by atoms with van der Waals surface area (Å²) in [7, 11) is 0. The third-order valence-corrected chi connectivity index (χ3v) is 2.97. The van der Waals surface area contributed by atoms with Crippen LogP contribution in [-0.2, 0) is 0 Å². The molecular weight excluding hydrogens is 204 g/mol. The Kier molecular flexibility index (Phi) is 15.0. The van der Waals surface area contributed by atoms with Crippen molar-refractivity contribution in [1.29, 1.82) is 0 Å². The summed E-state index contributed by atoms with van der Waals surface area (Å²) in [6.45, 7) is 6.05. The standard InChI is InChI=1S/C17H31/c1-3-5-7-9-11-13-15-17-16-14-12-10-8-6-4-2/h5,7,12,14H,1,3-4,6,8-11,13,15-17H2,2H3. The van der Waals surface area contributed by atoms with E-state index in [0.717, 1.165) is 6.42 Å². The Hall–Kier alpha value is -0.520. The van der Waals surface area contributed by atoms with Crippen molar-refractivity contribution in [2.45, 2.75) is 77.6 Å². The molecule has 0 saturated carbocycles. The van der Waals surface area contributed by atoms with Gasteiger partial charge in [0.2, 0.25) is 0 Å². The summed E-state index contributed by atoms with van der Waals surface area (Å²) in [5, 5.41) is 0. The van der Waals surface area contributed by atoms with Crippen LogP contribution in [0.5, 0.6) is 0 Å². The normalized spacial score (nSPS) is 11.9. The highest BCUT2D eigenvalue weighted by Gasteiger charge is 1.87. The van der Waals surface area contributed by atoms with Crippen molar-refractivity contribution in [3.05, 3.63) is 31.2 Å². The molecule has 0 heteroatoms. The molecule has 0 atom stereocenters. The Morgan fingerprint density at radius 1 is 0.647 bits per heavy atom. The van der Waals surface area contributed by atoms with Gasteiger partial charge in [0, 0.05) is 0 Å². The molecule has 0 amide bonds. The molecule has 0 aliphatic rings. The van der Waals surface area contributed by atoms with E-state index in [4.69, 9.17) is 0 Å². The first-order chi connectivity index (χ1) is 8.41. The highest BCUT2D eigenvalue weighted by Crippen LogP contribution is 2.07. The molecule has 0 aliphatic heterocycles. The maximum Gasteiger partial charge on any atom is -0.0351 e. The van der Waals surface area contributed by atoms with Gasteiger partial charge in [0.1, 0.15) is 0 Å². The minimum absolute atomic E-state index is 0.933. The van der Waals surface area contributed by atoms with Crippen LogP contribution in [0, 0.1) is 6.92 Å². The molecule has 0 saturated heterocycles. The molecule has 0 aromatic carbocycles. The molecule has 0 unspecified atom stereocenters. The minimum atomic E-state index is 0.933. The fourth-order valence-electron chi connectivity index (χ4n) is 1.86. The minimum Gasteiger partial charge on any atom is -0.0885 e. The van der Waals surface area contributed by atoms with Crippen LogP contribution >= 0.6 is 0 Å². The van der Waals surface area contributed by atoms with Gasteiger partial charge < -0.3 is 0 Å². The van der Waals surface area contributed by atoms with Gasteiger partial charge in [-0.15, -0.1) is 0 Å². The lowest BCUT2D eigenvalue weighted by Crippen LogP contribution is -1.77. The highest BCUT2D eigenvalue weighted by molar-refractivity contribution is 4.82. The number of allylic oxidation sites excluding steroid dienone is 4. The molecular formula is C17H31. The van der Waals surface area contributed by atoms with E-state index in [1.807, 2.05) is 0 Å². The van der Waals surface area contributed by atoms with Gasteiger partial charge in [-0.2, -0.15) is 0 Å². The Morgan fingerprint density at radius 3 is 1.59 bits per heavy atom. The van der Waals surface area contributed by atoms with Crippen LogP contribution in [0.4, 0.5) is 0 Å². The van der Waals surface area contributed by atoms with Crippen LogP contribution in [0.1, 0.15) is 77.6 Å². The van der Waals surface area contributed by atoms with E-state index in [2.05, 4.69) is 38.2 Å². The number of hydrogen-bond donors (Lipinski definition) is 0. The summed E-state index contributed by atoms with van der Waals surface area (Å²) in [4.78, 5) is 0. The average molecular weight is 235 g/mol. The third-order valence-electron chi connectivity index (χ3n) is 2.97. The van der Waals surface area contributed by atoms with Gasteiger partial charge in [-0.25, -0.2) is 0 Å². The van der Waals surface area contributed by atoms with E-state index in [0.29, 0.717) is 0 Å². The largest absolute Gasteiger partial charge is 0.0885 e. The van der Waals surface area contributed by atoms with E-state index in [9.17, 15) is 0 Å². The van der Waals surface area contributed by atoms with E-state index in [-0.39, 0.29) is 0 Å². The van der Waals surface area contributed by atoms with E-state index in [1.165, 1.54) is 64.2 Å². The fourth-order valence-corrected chi connectivity index (χ4v) is 1.86. The van der Waals surface area contributed by atoms with Gasteiger partial charge in [-0.1, -0.05) is 56.9 Å². The zero-order chi connectivity index (χ0) is 12.6. The molecule has 99 valence electrons. The van der Waals surface area contributed by atoms with Crippen molar-refractivity contribution in [2.24, 2.45) is 0 Å². The van der Waals surface area contributed by atoms with Crippen molar-refractivity contribution >= 4 is 0 Å². The second kappa shape index (κ2) is 15.5. The molecule has 17 heavy (non-hydrogen) atoms. The molecule has 0 heterocycles. The van der Waals surface area contributed by atoms with Gasteiger partial charge in [0.05, 0.1) is 0 Å². The Bertz CT molecular complexity index is 176. The van der Waals surface area contributed by atoms with Crippen LogP contribution < -0.4 is 0 Å². The summed E-state index contributed by atoms with van der Waals surface area (Å²) < 4.78 is 0. The highest BCUT2D eigenvalue weighted by atomic mass is 13.9. The first-order valence-corrected chi connectivity index (χ1v) is 7.51. The lowest BCUT2D eigenvalue weighted by atomic mass is 10.1. The predicted molar refractivity (Wildman–Crippen MR) is 80.1 cm³/mol. The first kappa shape index (κ1) is 16.5. The first-order valence-electron chi connectivity index (χ1n) is 7.51. The molecule has 0 fully saturated rings. The summed E-state index contributed by atoms with van der Waals surface area (Å²) in [6, 6.07) is 0. The molecule has 1 radical (unpaired) electrons. The zero-order valence-corrected chi connectivity index (χ0v) is 11.8. The van der Waals surface area contributed by atoms with E-state index in [1.54, 1.807) is 0 Å². The molecule has 0 nitrogen and oxygen atoms in total. The van der Waals surface area contributed by atoms with Crippen LogP contribution in [0.15, 0.2) is 24.3 Å². The Labute approximate surface area is 109 Å². The second-order valence-electron chi connectivity index (χ2n) is 4.72. The van der Waals surface area contributed by atoms with E-state index >= 15 is 0 Å². The third kappa shape index (κ3) is 15.5. The number of hydrogen-bond acceptors (Lipinski definition) is 0. The van der Waals surface area contributed by atoms with Gasteiger partial charge in [0.15, 0.2) is 0 Å². The molecule has 0 aromatic heterocycles. The maximum absolute atomic E-state index is 3.79. The van der Waals surface area contributed by atoms with Crippen LogP contribution in [-0.4, -0.2) is 0 Å². The second-order valence-corrected chi connectivity index (χ2v) is 4.72. The molecule has 0 bridgehead atoms. The van der Waals surface area contributed by atoms with Gasteiger partial charge in [0.25, 0.3) is 0 Å².